The average molecular weight is 230 g/mol. The minimum atomic E-state index is -0.550. The Hall–Kier alpha value is -2.23. The monoisotopic (exact) mass is 230 g/mol. The highest BCUT2D eigenvalue weighted by Gasteiger charge is 2.04. The van der Waals surface area contributed by atoms with Crippen molar-refractivity contribution in [2.75, 3.05) is 0 Å². The number of carbonyl (C=O) groups excluding carboxylic acids is 1. The lowest BCUT2D eigenvalue weighted by atomic mass is 10.1. The fourth-order valence-corrected chi connectivity index (χ4v) is 1.53. The van der Waals surface area contributed by atoms with Gasteiger partial charge in [0.15, 0.2) is 0 Å². The number of nitrogens with zero attached hydrogens (tertiary/aromatic N) is 1. The van der Waals surface area contributed by atoms with Crippen LogP contribution in [0.1, 0.15) is 21.7 Å². The predicted octanol–water partition coefficient (Wildman–Crippen LogP) is 1.91. The summed E-state index contributed by atoms with van der Waals surface area (Å²) in [4.78, 5) is 15.1. The van der Waals surface area contributed by atoms with Gasteiger partial charge in [-0.05, 0) is 29.8 Å². The molecular formula is C13H11FN2O. The molecule has 0 aliphatic heterocycles. The third-order valence-corrected chi connectivity index (χ3v) is 2.36. The van der Waals surface area contributed by atoms with Crippen LogP contribution in [0.3, 0.4) is 0 Å². The number of rotatable bonds is 3. The van der Waals surface area contributed by atoms with Crippen LogP contribution in [-0.2, 0) is 6.42 Å². The average Bonchev–Trinajstić information content (AvgIpc) is 2.32. The highest BCUT2D eigenvalue weighted by atomic mass is 19.1. The fraction of sp³-hybridized carbons (Fsp3) is 0.0769. The first-order chi connectivity index (χ1) is 8.15. The van der Waals surface area contributed by atoms with Gasteiger partial charge in [-0.15, -0.1) is 0 Å². The summed E-state index contributed by atoms with van der Waals surface area (Å²) >= 11 is 0. The van der Waals surface area contributed by atoms with Crippen molar-refractivity contribution in [1.29, 1.82) is 0 Å². The summed E-state index contributed by atoms with van der Waals surface area (Å²) in [7, 11) is 0. The molecule has 3 nitrogen and oxygen atoms in total. The van der Waals surface area contributed by atoms with E-state index >= 15 is 0 Å². The molecule has 86 valence electrons. The molecule has 0 atom stereocenters. The van der Waals surface area contributed by atoms with E-state index in [0.29, 0.717) is 6.42 Å². The second-order valence-corrected chi connectivity index (χ2v) is 3.68. The van der Waals surface area contributed by atoms with E-state index in [1.165, 1.54) is 12.1 Å². The number of hydrogen-bond donors (Lipinski definition) is 1. The summed E-state index contributed by atoms with van der Waals surface area (Å²) in [6.45, 7) is 0. The van der Waals surface area contributed by atoms with Crippen molar-refractivity contribution in [3.8, 4) is 0 Å². The first-order valence-corrected chi connectivity index (χ1v) is 5.15. The van der Waals surface area contributed by atoms with Crippen LogP contribution in [0.15, 0.2) is 42.5 Å². The van der Waals surface area contributed by atoms with Crippen molar-refractivity contribution in [3.63, 3.8) is 0 Å². The molecule has 0 aliphatic carbocycles. The second kappa shape index (κ2) is 4.74. The van der Waals surface area contributed by atoms with Crippen LogP contribution in [0.2, 0.25) is 0 Å². The Labute approximate surface area is 98.1 Å². The molecule has 1 aromatic carbocycles. The molecular weight excluding hydrogens is 219 g/mol. The van der Waals surface area contributed by atoms with E-state index in [1.54, 1.807) is 30.3 Å². The summed E-state index contributed by atoms with van der Waals surface area (Å²) in [6, 6.07) is 11.3. The van der Waals surface area contributed by atoms with Gasteiger partial charge in [0.1, 0.15) is 11.5 Å². The quantitative estimate of drug-likeness (QED) is 0.875. The zero-order valence-electron chi connectivity index (χ0n) is 9.06. The van der Waals surface area contributed by atoms with E-state index < -0.39 is 5.91 Å². The zero-order valence-corrected chi connectivity index (χ0v) is 9.06. The zero-order chi connectivity index (χ0) is 12.3. The number of hydrogen-bond acceptors (Lipinski definition) is 2. The molecule has 0 saturated heterocycles. The van der Waals surface area contributed by atoms with Crippen LogP contribution in [0.5, 0.6) is 0 Å². The van der Waals surface area contributed by atoms with E-state index in [9.17, 15) is 9.18 Å². The first kappa shape index (κ1) is 11.3. The van der Waals surface area contributed by atoms with Gasteiger partial charge in [0.2, 0.25) is 0 Å². The Balaban J connectivity index is 2.21. The van der Waals surface area contributed by atoms with E-state index in [2.05, 4.69) is 4.98 Å². The number of carbonyl (C=O) groups is 1. The van der Waals surface area contributed by atoms with Gasteiger partial charge >= 0.3 is 0 Å². The number of nitrogens with two attached hydrogens (primary N) is 1. The maximum atomic E-state index is 12.7. The molecule has 0 unspecified atom stereocenters. The number of pyridine rings is 1. The van der Waals surface area contributed by atoms with Gasteiger partial charge in [-0.2, -0.15) is 0 Å². The van der Waals surface area contributed by atoms with Crippen LogP contribution < -0.4 is 5.73 Å². The summed E-state index contributed by atoms with van der Waals surface area (Å²) in [6.07, 6.45) is 0.543. The van der Waals surface area contributed by atoms with Crippen molar-refractivity contribution in [1.82, 2.24) is 4.98 Å². The van der Waals surface area contributed by atoms with Crippen LogP contribution >= 0.6 is 0 Å². The third kappa shape index (κ3) is 2.87. The van der Waals surface area contributed by atoms with Gasteiger partial charge in [0, 0.05) is 12.1 Å². The topological polar surface area (TPSA) is 56.0 Å². The van der Waals surface area contributed by atoms with Crippen LogP contribution in [0, 0.1) is 5.82 Å². The number of halogens is 1. The van der Waals surface area contributed by atoms with Gasteiger partial charge in [0.25, 0.3) is 5.91 Å². The smallest absolute Gasteiger partial charge is 0.267 e. The molecule has 2 N–H and O–H groups in total. The highest BCUT2D eigenvalue weighted by Crippen LogP contribution is 2.09. The van der Waals surface area contributed by atoms with Crippen LogP contribution in [-0.4, -0.2) is 10.9 Å². The first-order valence-electron chi connectivity index (χ1n) is 5.15. The van der Waals surface area contributed by atoms with Crippen LogP contribution in [0.25, 0.3) is 0 Å². The van der Waals surface area contributed by atoms with Crippen LogP contribution in [0.4, 0.5) is 4.39 Å². The van der Waals surface area contributed by atoms with Gasteiger partial charge < -0.3 is 5.73 Å². The Morgan fingerprint density at radius 3 is 2.53 bits per heavy atom. The Kier molecular flexibility index (Phi) is 3.14. The molecule has 17 heavy (non-hydrogen) atoms. The SMILES string of the molecule is NC(=O)c1cccc(Cc2ccc(F)cc2)n1. The van der Waals surface area contributed by atoms with E-state index in [0.717, 1.165) is 11.3 Å². The van der Waals surface area contributed by atoms with Gasteiger partial charge in [-0.3, -0.25) is 4.79 Å². The standard InChI is InChI=1S/C13H11FN2O/c14-10-6-4-9(5-7-10)8-11-2-1-3-12(16-11)13(15)17/h1-7H,8H2,(H2,15,17). The molecule has 2 aromatic rings. The molecule has 0 spiro atoms. The molecule has 0 aliphatic rings. The number of aromatic nitrogens is 1. The van der Waals surface area contributed by atoms with Crippen molar-refractivity contribution in [2.24, 2.45) is 5.73 Å². The number of primary amides is 1. The van der Waals surface area contributed by atoms with Crippen molar-refractivity contribution in [3.05, 3.63) is 65.2 Å². The molecule has 0 saturated carbocycles. The van der Waals surface area contributed by atoms with Gasteiger partial charge in [-0.25, -0.2) is 9.37 Å². The lowest BCUT2D eigenvalue weighted by Gasteiger charge is -2.02. The minimum Gasteiger partial charge on any atom is -0.364 e. The molecule has 0 fully saturated rings. The molecule has 2 rings (SSSR count). The van der Waals surface area contributed by atoms with E-state index in [-0.39, 0.29) is 11.5 Å². The Bertz CT molecular complexity index is 537. The summed E-state index contributed by atoms with van der Waals surface area (Å²) < 4.78 is 12.7. The van der Waals surface area contributed by atoms with Crippen molar-refractivity contribution in [2.45, 2.75) is 6.42 Å². The summed E-state index contributed by atoms with van der Waals surface area (Å²) in [5, 5.41) is 0. The maximum Gasteiger partial charge on any atom is 0.267 e. The number of benzene rings is 1. The van der Waals surface area contributed by atoms with Gasteiger partial charge in [-0.1, -0.05) is 18.2 Å². The molecule has 0 radical (unpaired) electrons. The van der Waals surface area contributed by atoms with Crippen molar-refractivity contribution < 1.29 is 9.18 Å². The highest BCUT2D eigenvalue weighted by molar-refractivity contribution is 5.90. The molecule has 1 amide bonds. The minimum absolute atomic E-state index is 0.240. The lowest BCUT2D eigenvalue weighted by Crippen LogP contribution is -2.13. The predicted molar refractivity (Wildman–Crippen MR) is 62.0 cm³/mol. The molecule has 4 heteroatoms. The fourth-order valence-electron chi connectivity index (χ4n) is 1.53. The Morgan fingerprint density at radius 2 is 1.88 bits per heavy atom. The molecule has 1 aromatic heterocycles. The molecule has 1 heterocycles. The van der Waals surface area contributed by atoms with E-state index in [4.69, 9.17) is 5.73 Å². The van der Waals surface area contributed by atoms with Gasteiger partial charge in [0.05, 0.1) is 0 Å². The second-order valence-electron chi connectivity index (χ2n) is 3.68. The summed E-state index contributed by atoms with van der Waals surface area (Å²) in [5.74, 6) is -0.821. The lowest BCUT2D eigenvalue weighted by molar-refractivity contribution is 0.0995. The maximum absolute atomic E-state index is 12.7. The largest absolute Gasteiger partial charge is 0.364 e. The number of amides is 1. The normalized spacial score (nSPS) is 10.2. The summed E-state index contributed by atoms with van der Waals surface area (Å²) in [5.41, 5.74) is 7.05. The van der Waals surface area contributed by atoms with Crippen molar-refractivity contribution >= 4 is 5.91 Å². The third-order valence-electron chi connectivity index (χ3n) is 2.36. The Morgan fingerprint density at radius 1 is 1.18 bits per heavy atom. The van der Waals surface area contributed by atoms with E-state index in [1.807, 2.05) is 0 Å². The molecule has 0 bridgehead atoms.